The molecule has 0 aliphatic heterocycles. The third kappa shape index (κ3) is 2.19. The first kappa shape index (κ1) is 12.4. The van der Waals surface area contributed by atoms with Crippen molar-refractivity contribution in [3.05, 3.63) is 45.4 Å². The molecule has 2 N–H and O–H groups in total. The van der Waals surface area contributed by atoms with E-state index in [1.807, 2.05) is 31.2 Å². The average Bonchev–Trinajstić information content (AvgIpc) is 2.76. The van der Waals surface area contributed by atoms with Crippen molar-refractivity contribution in [2.75, 3.05) is 5.73 Å². The Hall–Kier alpha value is -1.59. The highest BCUT2D eigenvalue weighted by Crippen LogP contribution is 2.25. The van der Waals surface area contributed by atoms with Gasteiger partial charge >= 0.3 is 0 Å². The lowest BCUT2D eigenvalue weighted by Gasteiger charge is -2.01. The topological polar surface area (TPSA) is 56.7 Å². The number of benzene rings is 2. The molecule has 1 aromatic heterocycles. The summed E-state index contributed by atoms with van der Waals surface area (Å²) in [6.45, 7) is 1.96. The Labute approximate surface area is 123 Å². The third-order valence-electron chi connectivity index (χ3n) is 2.89. The Morgan fingerprint density at radius 3 is 2.53 bits per heavy atom. The number of halogens is 2. The summed E-state index contributed by atoms with van der Waals surface area (Å²) in [6.07, 6.45) is 0. The van der Waals surface area contributed by atoms with Crippen LogP contribution in [0.4, 0.5) is 5.69 Å². The number of anilines is 1. The minimum atomic E-state index is 0.640. The largest absolute Gasteiger partial charge is 0.398 e. The number of nitrogens with zero attached hydrogens (tertiary/aromatic N) is 3. The van der Waals surface area contributed by atoms with E-state index in [-0.39, 0.29) is 0 Å². The number of fused-ring (bicyclic) bond motifs is 1. The van der Waals surface area contributed by atoms with Crippen LogP contribution < -0.4 is 5.73 Å². The minimum Gasteiger partial charge on any atom is -0.398 e. The summed E-state index contributed by atoms with van der Waals surface area (Å²) in [7, 11) is 0. The first-order chi connectivity index (χ1) is 9.04. The van der Waals surface area contributed by atoms with Gasteiger partial charge < -0.3 is 5.73 Å². The molecule has 0 aliphatic carbocycles. The number of nitrogens with two attached hydrogens (primary N) is 1. The lowest BCUT2D eigenvalue weighted by molar-refractivity contribution is 0.765. The number of hydrogen-bond acceptors (Lipinski definition) is 3. The molecule has 0 fully saturated rings. The summed E-state index contributed by atoms with van der Waals surface area (Å²) in [5.74, 6) is 0. The molecule has 0 saturated heterocycles. The van der Waals surface area contributed by atoms with E-state index in [2.05, 4.69) is 26.1 Å². The molecule has 1 heterocycles. The smallest absolute Gasteiger partial charge is 0.115 e. The molecule has 0 bridgehead atoms. The van der Waals surface area contributed by atoms with Crippen molar-refractivity contribution in [1.29, 1.82) is 0 Å². The highest BCUT2D eigenvalue weighted by Gasteiger charge is 2.08. The number of aryl methyl sites for hydroxylation is 1. The molecule has 19 heavy (non-hydrogen) atoms. The zero-order chi connectivity index (χ0) is 13.6. The maximum atomic E-state index is 6.12. The lowest BCUT2D eigenvalue weighted by Crippen LogP contribution is -1.98. The maximum Gasteiger partial charge on any atom is 0.115 e. The van der Waals surface area contributed by atoms with Crippen molar-refractivity contribution in [1.82, 2.24) is 15.0 Å². The fourth-order valence-electron chi connectivity index (χ4n) is 1.78. The van der Waals surface area contributed by atoms with E-state index in [1.165, 1.54) is 0 Å². The number of nitrogen functional groups attached to an aromatic ring is 1. The van der Waals surface area contributed by atoms with Gasteiger partial charge in [0.25, 0.3) is 0 Å². The van der Waals surface area contributed by atoms with E-state index >= 15 is 0 Å². The molecule has 0 saturated carbocycles. The molecule has 3 rings (SSSR count). The van der Waals surface area contributed by atoms with Gasteiger partial charge in [-0.1, -0.05) is 17.7 Å². The molecule has 2 aromatic carbocycles. The van der Waals surface area contributed by atoms with Gasteiger partial charge in [0.15, 0.2) is 0 Å². The molecule has 0 atom stereocenters. The van der Waals surface area contributed by atoms with Crippen molar-refractivity contribution >= 4 is 44.3 Å². The molecule has 4 nitrogen and oxygen atoms in total. The molecule has 3 aromatic rings. The number of aromatic nitrogens is 3. The van der Waals surface area contributed by atoms with Crippen LogP contribution >= 0.6 is 27.5 Å². The van der Waals surface area contributed by atoms with Crippen LogP contribution in [0.3, 0.4) is 0 Å². The predicted molar refractivity (Wildman–Crippen MR) is 80.7 cm³/mol. The standard InChI is InChI=1S/C13H10BrClN4/c1-7-2-3-8(4-10(7)15)19-17-12-5-9(14)11(16)6-13(12)18-19/h2-6H,16H2,1H3. The SMILES string of the molecule is Cc1ccc(-n2nc3cc(N)c(Br)cc3n2)cc1Cl. The van der Waals surface area contributed by atoms with E-state index in [9.17, 15) is 0 Å². The molecule has 0 unspecified atom stereocenters. The first-order valence-corrected chi connectivity index (χ1v) is 6.80. The van der Waals surface area contributed by atoms with E-state index in [4.69, 9.17) is 17.3 Å². The van der Waals surface area contributed by atoms with Gasteiger partial charge in [-0.15, -0.1) is 10.2 Å². The van der Waals surface area contributed by atoms with Crippen molar-refractivity contribution in [3.63, 3.8) is 0 Å². The monoisotopic (exact) mass is 336 g/mol. The summed E-state index contributed by atoms with van der Waals surface area (Å²) in [5.41, 5.74) is 9.84. The minimum absolute atomic E-state index is 0.640. The van der Waals surface area contributed by atoms with Crippen LogP contribution in [-0.4, -0.2) is 15.0 Å². The Morgan fingerprint density at radius 1 is 1.16 bits per heavy atom. The number of rotatable bonds is 1. The van der Waals surface area contributed by atoms with E-state index < -0.39 is 0 Å². The molecule has 96 valence electrons. The molecule has 0 spiro atoms. The van der Waals surface area contributed by atoms with Gasteiger partial charge in [-0.2, -0.15) is 4.80 Å². The van der Waals surface area contributed by atoms with Crippen molar-refractivity contribution in [2.24, 2.45) is 0 Å². The molecular weight excluding hydrogens is 328 g/mol. The summed E-state index contributed by atoms with van der Waals surface area (Å²) in [5, 5.41) is 9.51. The highest BCUT2D eigenvalue weighted by atomic mass is 79.9. The highest BCUT2D eigenvalue weighted by molar-refractivity contribution is 9.10. The molecule has 0 aliphatic rings. The van der Waals surface area contributed by atoms with Crippen LogP contribution in [0.1, 0.15) is 5.56 Å². The van der Waals surface area contributed by atoms with Crippen molar-refractivity contribution in [3.8, 4) is 5.69 Å². The van der Waals surface area contributed by atoms with Gasteiger partial charge in [-0.05, 0) is 52.7 Å². The van der Waals surface area contributed by atoms with Crippen LogP contribution in [0.15, 0.2) is 34.8 Å². The van der Waals surface area contributed by atoms with Crippen LogP contribution in [0.5, 0.6) is 0 Å². The van der Waals surface area contributed by atoms with Crippen LogP contribution in [0, 0.1) is 6.92 Å². The van der Waals surface area contributed by atoms with Crippen molar-refractivity contribution in [2.45, 2.75) is 6.92 Å². The molecule has 6 heteroatoms. The second-order valence-corrected chi connectivity index (χ2v) is 5.55. The number of hydrogen-bond donors (Lipinski definition) is 1. The maximum absolute atomic E-state index is 6.12. The van der Waals surface area contributed by atoms with Gasteiger partial charge in [-0.25, -0.2) is 0 Å². The van der Waals surface area contributed by atoms with Crippen molar-refractivity contribution < 1.29 is 0 Å². The average molecular weight is 338 g/mol. The third-order valence-corrected chi connectivity index (χ3v) is 3.98. The Morgan fingerprint density at radius 2 is 1.84 bits per heavy atom. The van der Waals surface area contributed by atoms with E-state index in [1.54, 1.807) is 10.9 Å². The zero-order valence-electron chi connectivity index (χ0n) is 10.1. The Kier molecular flexibility index (Phi) is 2.95. The summed E-state index contributed by atoms with van der Waals surface area (Å²) >= 11 is 9.50. The Balaban J connectivity index is 2.17. The second-order valence-electron chi connectivity index (χ2n) is 4.29. The fraction of sp³-hybridized carbons (Fsp3) is 0.0769. The van der Waals surface area contributed by atoms with E-state index in [0.29, 0.717) is 10.7 Å². The second kappa shape index (κ2) is 4.51. The van der Waals surface area contributed by atoms with Gasteiger partial charge in [0.2, 0.25) is 0 Å². The lowest BCUT2D eigenvalue weighted by atomic mass is 10.2. The molecule has 0 radical (unpaired) electrons. The van der Waals surface area contributed by atoms with Gasteiger partial charge in [-0.3, -0.25) is 0 Å². The van der Waals surface area contributed by atoms with Gasteiger partial charge in [0.05, 0.1) is 5.69 Å². The fourth-order valence-corrected chi connectivity index (χ4v) is 2.28. The zero-order valence-corrected chi connectivity index (χ0v) is 12.4. The van der Waals surface area contributed by atoms with Crippen LogP contribution in [0.25, 0.3) is 16.7 Å². The Bertz CT molecular complexity index is 743. The predicted octanol–water partition coefficient (Wildman–Crippen LogP) is 3.73. The summed E-state index contributed by atoms with van der Waals surface area (Å²) < 4.78 is 0.814. The molecular formula is C13H10BrClN4. The summed E-state index contributed by atoms with van der Waals surface area (Å²) in [6, 6.07) is 9.35. The van der Waals surface area contributed by atoms with Crippen LogP contribution in [-0.2, 0) is 0 Å². The van der Waals surface area contributed by atoms with Gasteiger partial charge in [0, 0.05) is 15.2 Å². The normalized spacial score (nSPS) is 11.1. The quantitative estimate of drug-likeness (QED) is 0.688. The molecule has 0 amide bonds. The summed E-state index contributed by atoms with van der Waals surface area (Å²) in [4.78, 5) is 1.56. The van der Waals surface area contributed by atoms with Gasteiger partial charge in [0.1, 0.15) is 11.0 Å². The van der Waals surface area contributed by atoms with E-state index in [0.717, 1.165) is 26.8 Å². The van der Waals surface area contributed by atoms with Crippen LogP contribution in [0.2, 0.25) is 5.02 Å². The first-order valence-electron chi connectivity index (χ1n) is 5.63.